The molecule has 8 heteroatoms. The van der Waals surface area contributed by atoms with Gasteiger partial charge in [0.1, 0.15) is 5.82 Å². The maximum atomic E-state index is 13.9. The van der Waals surface area contributed by atoms with Gasteiger partial charge >= 0.3 is 0 Å². The van der Waals surface area contributed by atoms with Crippen LogP contribution in [0.2, 0.25) is 5.02 Å². The minimum Gasteiger partial charge on any atom is -0.371 e. The summed E-state index contributed by atoms with van der Waals surface area (Å²) in [6.45, 7) is 1.71. The lowest BCUT2D eigenvalue weighted by atomic mass is 10.2. The molecule has 3 rings (SSSR count). The highest BCUT2D eigenvalue weighted by Gasteiger charge is 2.18. The lowest BCUT2D eigenvalue weighted by molar-refractivity contribution is -0.115. The molecule has 1 heterocycles. The molecule has 0 unspecified atom stereocenters. The van der Waals surface area contributed by atoms with Crippen LogP contribution in [-0.2, 0) is 14.6 Å². The third-order valence-electron chi connectivity index (χ3n) is 4.41. The number of halogens is 2. The number of carbonyl (C=O) groups excluding carboxylic acids is 1. The van der Waals surface area contributed by atoms with E-state index in [0.717, 1.165) is 31.6 Å². The van der Waals surface area contributed by atoms with Gasteiger partial charge in [-0.15, -0.1) is 0 Å². The molecule has 1 N–H and O–H groups in total. The van der Waals surface area contributed by atoms with Crippen molar-refractivity contribution in [1.29, 1.82) is 0 Å². The van der Waals surface area contributed by atoms with Crippen LogP contribution in [0, 0.1) is 5.82 Å². The molecule has 1 fully saturated rings. The van der Waals surface area contributed by atoms with E-state index in [1.165, 1.54) is 36.4 Å². The van der Waals surface area contributed by atoms with Crippen molar-refractivity contribution in [3.63, 3.8) is 0 Å². The summed E-state index contributed by atoms with van der Waals surface area (Å²) in [7, 11) is -3.60. The minimum atomic E-state index is -3.60. The number of nitrogens with one attached hydrogen (secondary N) is 1. The van der Waals surface area contributed by atoms with Crippen LogP contribution in [0.3, 0.4) is 0 Å². The van der Waals surface area contributed by atoms with Crippen molar-refractivity contribution >= 4 is 38.7 Å². The molecule has 1 aliphatic heterocycles. The van der Waals surface area contributed by atoms with Crippen LogP contribution in [-0.4, -0.2) is 33.2 Å². The average molecular weight is 411 g/mol. The van der Waals surface area contributed by atoms with Crippen molar-refractivity contribution in [2.45, 2.75) is 24.2 Å². The van der Waals surface area contributed by atoms with E-state index in [9.17, 15) is 17.6 Å². The van der Waals surface area contributed by atoms with Crippen molar-refractivity contribution in [3.05, 3.63) is 53.3 Å². The Kier molecular flexibility index (Phi) is 6.01. The Labute approximate surface area is 163 Å². The number of benzene rings is 2. The molecule has 1 aliphatic rings. The van der Waals surface area contributed by atoms with Crippen molar-refractivity contribution in [2.24, 2.45) is 0 Å². The summed E-state index contributed by atoms with van der Waals surface area (Å²) in [6.07, 6.45) is 1.89. The predicted octanol–water partition coefficient (Wildman–Crippen LogP) is 3.88. The van der Waals surface area contributed by atoms with Gasteiger partial charge in [0, 0.05) is 35.9 Å². The lowest BCUT2D eigenvalue weighted by Crippen LogP contribution is -2.20. The predicted molar refractivity (Wildman–Crippen MR) is 105 cm³/mol. The second-order valence-corrected chi connectivity index (χ2v) is 9.01. The van der Waals surface area contributed by atoms with Crippen molar-refractivity contribution < 1.29 is 17.6 Å². The third kappa shape index (κ3) is 5.20. The fourth-order valence-electron chi connectivity index (χ4n) is 3.01. The summed E-state index contributed by atoms with van der Waals surface area (Å²) < 4.78 is 38.5. The molecule has 2 aromatic rings. The van der Waals surface area contributed by atoms with Crippen LogP contribution in [0.1, 0.15) is 19.3 Å². The van der Waals surface area contributed by atoms with Gasteiger partial charge in [-0.1, -0.05) is 11.6 Å². The first-order valence-corrected chi connectivity index (χ1v) is 10.7. The first kappa shape index (κ1) is 19.6. The SMILES string of the molecule is O=C(CCS(=O)(=O)c1ccc(Cl)cc1)Nc1cc(F)cc(N2CCCC2)c1. The van der Waals surface area contributed by atoms with E-state index in [2.05, 4.69) is 10.2 Å². The Morgan fingerprint density at radius 2 is 1.78 bits per heavy atom. The maximum Gasteiger partial charge on any atom is 0.225 e. The van der Waals surface area contributed by atoms with Gasteiger partial charge in [-0.2, -0.15) is 0 Å². The summed E-state index contributed by atoms with van der Waals surface area (Å²) in [5, 5.41) is 3.03. The summed E-state index contributed by atoms with van der Waals surface area (Å²) in [4.78, 5) is 14.3. The monoisotopic (exact) mass is 410 g/mol. The second kappa shape index (κ2) is 8.27. The lowest BCUT2D eigenvalue weighted by Gasteiger charge is -2.18. The number of rotatable bonds is 6. The Morgan fingerprint density at radius 1 is 1.11 bits per heavy atom. The number of carbonyl (C=O) groups is 1. The number of nitrogens with zero attached hydrogens (tertiary/aromatic N) is 1. The molecular weight excluding hydrogens is 391 g/mol. The standard InChI is InChI=1S/C19H20ClFN2O3S/c20-14-3-5-18(6-4-14)27(25,26)10-7-19(24)22-16-11-15(21)12-17(13-16)23-8-1-2-9-23/h3-6,11-13H,1-2,7-10H2,(H,22,24). The van der Waals surface area contributed by atoms with E-state index in [4.69, 9.17) is 11.6 Å². The highest BCUT2D eigenvalue weighted by Crippen LogP contribution is 2.25. The van der Waals surface area contributed by atoms with Crippen LogP contribution in [0.5, 0.6) is 0 Å². The van der Waals surface area contributed by atoms with E-state index in [-0.39, 0.29) is 17.1 Å². The van der Waals surface area contributed by atoms with Gasteiger partial charge in [0.25, 0.3) is 0 Å². The topological polar surface area (TPSA) is 66.5 Å². The summed E-state index contributed by atoms with van der Waals surface area (Å²) in [6, 6.07) is 10.2. The first-order chi connectivity index (χ1) is 12.8. The fourth-order valence-corrected chi connectivity index (χ4v) is 4.38. The van der Waals surface area contributed by atoms with Crippen LogP contribution in [0.4, 0.5) is 15.8 Å². The molecule has 144 valence electrons. The summed E-state index contributed by atoms with van der Waals surface area (Å²) in [5.74, 6) is -1.26. The quantitative estimate of drug-likeness (QED) is 0.784. The van der Waals surface area contributed by atoms with Gasteiger partial charge in [-0.3, -0.25) is 4.79 Å². The Morgan fingerprint density at radius 3 is 2.44 bits per heavy atom. The Hall–Kier alpha value is -2.12. The molecule has 0 saturated carbocycles. The zero-order chi connectivity index (χ0) is 19.4. The molecule has 1 amide bonds. The highest BCUT2D eigenvalue weighted by molar-refractivity contribution is 7.91. The Bertz CT molecular complexity index is 926. The number of amides is 1. The molecule has 27 heavy (non-hydrogen) atoms. The first-order valence-electron chi connectivity index (χ1n) is 8.67. The normalized spacial score (nSPS) is 14.4. The molecule has 5 nitrogen and oxygen atoms in total. The third-order valence-corrected chi connectivity index (χ3v) is 6.39. The molecule has 0 aliphatic carbocycles. The van der Waals surface area contributed by atoms with Crippen molar-refractivity contribution in [1.82, 2.24) is 0 Å². The van der Waals surface area contributed by atoms with Crippen molar-refractivity contribution in [2.75, 3.05) is 29.1 Å². The van der Waals surface area contributed by atoms with Gasteiger partial charge in [-0.05, 0) is 55.3 Å². The molecule has 1 saturated heterocycles. The molecule has 2 aromatic carbocycles. The zero-order valence-electron chi connectivity index (χ0n) is 14.6. The van der Waals surface area contributed by atoms with E-state index in [1.54, 1.807) is 6.07 Å². The number of hydrogen-bond acceptors (Lipinski definition) is 4. The molecular formula is C19H20ClFN2O3S. The summed E-state index contributed by atoms with van der Waals surface area (Å²) in [5.41, 5.74) is 1.04. The molecule has 0 spiro atoms. The van der Waals surface area contributed by atoms with E-state index < -0.39 is 21.6 Å². The van der Waals surface area contributed by atoms with Gasteiger partial charge in [0.15, 0.2) is 9.84 Å². The van der Waals surface area contributed by atoms with Crippen LogP contribution in [0.15, 0.2) is 47.4 Å². The maximum absolute atomic E-state index is 13.9. The van der Waals surface area contributed by atoms with E-state index in [1.807, 2.05) is 0 Å². The number of sulfone groups is 1. The molecule has 0 atom stereocenters. The number of anilines is 2. The zero-order valence-corrected chi connectivity index (χ0v) is 16.2. The molecule has 0 aromatic heterocycles. The smallest absolute Gasteiger partial charge is 0.225 e. The van der Waals surface area contributed by atoms with Gasteiger partial charge < -0.3 is 10.2 Å². The van der Waals surface area contributed by atoms with Crippen molar-refractivity contribution in [3.8, 4) is 0 Å². The largest absolute Gasteiger partial charge is 0.371 e. The average Bonchev–Trinajstić information content (AvgIpc) is 3.15. The van der Waals surface area contributed by atoms with Gasteiger partial charge in [0.2, 0.25) is 5.91 Å². The van der Waals surface area contributed by atoms with Gasteiger partial charge in [-0.25, -0.2) is 12.8 Å². The minimum absolute atomic E-state index is 0.113. The van der Waals surface area contributed by atoms with Crippen LogP contribution < -0.4 is 10.2 Å². The molecule has 0 radical (unpaired) electrons. The molecule has 0 bridgehead atoms. The van der Waals surface area contributed by atoms with E-state index >= 15 is 0 Å². The van der Waals surface area contributed by atoms with Crippen LogP contribution >= 0.6 is 11.6 Å². The fraction of sp³-hybridized carbons (Fsp3) is 0.316. The number of hydrogen-bond donors (Lipinski definition) is 1. The van der Waals surface area contributed by atoms with Gasteiger partial charge in [0.05, 0.1) is 10.6 Å². The highest BCUT2D eigenvalue weighted by atomic mass is 35.5. The van der Waals surface area contributed by atoms with E-state index in [0.29, 0.717) is 10.7 Å². The van der Waals surface area contributed by atoms with Crippen LogP contribution in [0.25, 0.3) is 0 Å². The Balaban J connectivity index is 1.63. The second-order valence-electron chi connectivity index (χ2n) is 6.46. The summed E-state index contributed by atoms with van der Waals surface area (Å²) >= 11 is 5.76.